The van der Waals surface area contributed by atoms with Gasteiger partial charge in [-0.05, 0) is 91.7 Å². The second-order valence-corrected chi connectivity index (χ2v) is 10.7. The van der Waals surface area contributed by atoms with E-state index in [1.54, 1.807) is 25.3 Å². The van der Waals surface area contributed by atoms with Crippen LogP contribution in [0.25, 0.3) is 11.0 Å². The Morgan fingerprint density at radius 3 is 2.43 bits per heavy atom. The van der Waals surface area contributed by atoms with Crippen molar-refractivity contribution in [1.82, 2.24) is 9.97 Å². The highest BCUT2D eigenvalue weighted by Crippen LogP contribution is 2.66. The molecule has 3 N–H and O–H groups in total. The number of fused-ring (bicyclic) bond motifs is 1. The summed E-state index contributed by atoms with van der Waals surface area (Å²) in [5, 5.41) is 2.75. The molecule has 182 valence electrons. The van der Waals surface area contributed by atoms with E-state index >= 15 is 0 Å². The molecule has 0 radical (unpaired) electrons. The van der Waals surface area contributed by atoms with E-state index in [0.29, 0.717) is 28.6 Å². The van der Waals surface area contributed by atoms with Gasteiger partial charge in [0.2, 0.25) is 0 Å². The number of aromatic amines is 2. The second-order valence-electron chi connectivity index (χ2n) is 10.7. The number of imidazole rings is 1. The Labute approximate surface area is 202 Å². The zero-order chi connectivity index (χ0) is 24.2. The number of methoxy groups -OCH3 is 1. The van der Waals surface area contributed by atoms with Gasteiger partial charge in [0, 0.05) is 5.69 Å². The molecule has 1 heterocycles. The van der Waals surface area contributed by atoms with Gasteiger partial charge in [-0.3, -0.25) is 9.59 Å². The minimum atomic E-state index is -0.520. The maximum Gasteiger partial charge on any atom is 0.323 e. The van der Waals surface area contributed by atoms with Gasteiger partial charge in [-0.25, -0.2) is 4.79 Å². The highest BCUT2D eigenvalue weighted by molar-refractivity contribution is 5.95. The molecule has 2 atom stereocenters. The molecule has 8 nitrogen and oxygen atoms in total. The molecule has 4 bridgehead atoms. The summed E-state index contributed by atoms with van der Waals surface area (Å²) >= 11 is 0. The molecular formula is C27H29N3O5. The third-order valence-corrected chi connectivity index (χ3v) is 8.33. The quantitative estimate of drug-likeness (QED) is 0.468. The van der Waals surface area contributed by atoms with Crippen LogP contribution < -0.4 is 15.7 Å². The maximum absolute atomic E-state index is 13.4. The minimum absolute atomic E-state index is 0.0134. The second kappa shape index (κ2) is 8.00. The van der Waals surface area contributed by atoms with E-state index in [9.17, 15) is 14.4 Å². The van der Waals surface area contributed by atoms with Crippen LogP contribution in [0, 0.1) is 17.3 Å². The number of aromatic nitrogens is 2. The molecule has 1 aromatic heterocycles. The van der Waals surface area contributed by atoms with Gasteiger partial charge in [-0.2, -0.15) is 0 Å². The Hall–Kier alpha value is -3.55. The van der Waals surface area contributed by atoms with Gasteiger partial charge in [0.05, 0.1) is 23.6 Å². The zero-order valence-corrected chi connectivity index (χ0v) is 19.7. The lowest BCUT2D eigenvalue weighted by Crippen LogP contribution is -2.57. The zero-order valence-electron chi connectivity index (χ0n) is 19.7. The van der Waals surface area contributed by atoms with Gasteiger partial charge in [-0.1, -0.05) is 12.1 Å². The lowest BCUT2D eigenvalue weighted by atomic mass is 9.43. The highest BCUT2D eigenvalue weighted by Gasteiger charge is 2.61. The van der Waals surface area contributed by atoms with Crippen LogP contribution >= 0.6 is 0 Å². The average Bonchev–Trinajstić information content (AvgIpc) is 3.21. The van der Waals surface area contributed by atoms with Gasteiger partial charge >= 0.3 is 11.7 Å². The standard InChI is InChI=1S/C27H29N3O5/c1-34-20-5-2-18(3-6-20)26-10-16-8-17(11-26)13-27(12-16,15-26)24(32)35-14-23(31)28-19-4-7-21-22(9-19)30-25(33)29-21/h2-7,9,16-17H,8,10-15H2,1H3,(H,28,31)(H2,29,30,33). The minimum Gasteiger partial charge on any atom is -0.497 e. The fraction of sp³-hybridized carbons (Fsp3) is 0.444. The van der Waals surface area contributed by atoms with E-state index < -0.39 is 11.3 Å². The number of carbonyl (C=O) groups excluding carboxylic acids is 2. The first-order valence-electron chi connectivity index (χ1n) is 12.2. The Morgan fingerprint density at radius 1 is 1.00 bits per heavy atom. The number of H-pyrrole nitrogens is 2. The number of rotatable bonds is 6. The van der Waals surface area contributed by atoms with E-state index in [1.165, 1.54) is 12.0 Å². The van der Waals surface area contributed by atoms with Crippen molar-refractivity contribution in [3.63, 3.8) is 0 Å². The van der Waals surface area contributed by atoms with E-state index in [1.807, 2.05) is 12.1 Å². The van der Waals surface area contributed by atoms with Crippen molar-refractivity contribution in [2.45, 2.75) is 43.9 Å². The van der Waals surface area contributed by atoms with Gasteiger partial charge < -0.3 is 24.8 Å². The SMILES string of the molecule is COc1ccc(C23CC4CC(CC(C(=O)OCC(=O)Nc5ccc6[nH]c(=O)[nH]c6c5)(C4)C2)C3)cc1. The number of amides is 1. The summed E-state index contributed by atoms with van der Waals surface area (Å²) in [5.74, 6) is 1.21. The largest absolute Gasteiger partial charge is 0.497 e. The average molecular weight is 476 g/mol. The Bertz CT molecular complexity index is 1340. The molecule has 4 saturated carbocycles. The van der Waals surface area contributed by atoms with E-state index in [4.69, 9.17) is 9.47 Å². The molecule has 2 unspecified atom stereocenters. The molecule has 1 amide bonds. The molecule has 2 aromatic carbocycles. The Kier molecular flexibility index (Phi) is 5.02. The van der Waals surface area contributed by atoms with Crippen molar-refractivity contribution < 1.29 is 19.1 Å². The summed E-state index contributed by atoms with van der Waals surface area (Å²) < 4.78 is 11.0. The molecule has 35 heavy (non-hydrogen) atoms. The van der Waals surface area contributed by atoms with Crippen LogP contribution in [-0.4, -0.2) is 35.6 Å². The summed E-state index contributed by atoms with van der Waals surface area (Å²) in [6.45, 7) is -0.326. The van der Waals surface area contributed by atoms with Crippen LogP contribution in [0.3, 0.4) is 0 Å². The lowest BCUT2D eigenvalue weighted by Gasteiger charge is -2.61. The summed E-state index contributed by atoms with van der Waals surface area (Å²) in [7, 11) is 1.67. The van der Waals surface area contributed by atoms with E-state index in [0.717, 1.165) is 37.9 Å². The van der Waals surface area contributed by atoms with Crippen LogP contribution in [0.4, 0.5) is 5.69 Å². The molecule has 7 rings (SSSR count). The van der Waals surface area contributed by atoms with Gasteiger partial charge in [0.15, 0.2) is 6.61 Å². The monoisotopic (exact) mass is 475 g/mol. The number of esters is 1. The van der Waals surface area contributed by atoms with Crippen molar-refractivity contribution >= 4 is 28.6 Å². The number of nitrogens with one attached hydrogen (secondary N) is 3. The number of hydrogen-bond donors (Lipinski definition) is 3. The van der Waals surface area contributed by atoms with Crippen LogP contribution in [0.5, 0.6) is 5.75 Å². The molecule has 4 fully saturated rings. The molecule has 0 spiro atoms. The fourth-order valence-corrected chi connectivity index (χ4v) is 7.38. The predicted molar refractivity (Wildman–Crippen MR) is 130 cm³/mol. The van der Waals surface area contributed by atoms with E-state index in [-0.39, 0.29) is 23.7 Å². The topological polar surface area (TPSA) is 113 Å². The van der Waals surface area contributed by atoms with Crippen molar-refractivity contribution in [3.05, 3.63) is 58.5 Å². The summed E-state index contributed by atoms with van der Waals surface area (Å²) in [4.78, 5) is 42.8. The molecule has 0 aliphatic heterocycles. The summed E-state index contributed by atoms with van der Waals surface area (Å²) in [6.07, 6.45) is 5.86. The third-order valence-electron chi connectivity index (χ3n) is 8.33. The molecule has 0 saturated heterocycles. The molecule has 3 aromatic rings. The maximum atomic E-state index is 13.4. The fourth-order valence-electron chi connectivity index (χ4n) is 7.38. The van der Waals surface area contributed by atoms with Crippen LogP contribution in [0.1, 0.15) is 44.1 Å². The summed E-state index contributed by atoms with van der Waals surface area (Å²) in [6, 6.07) is 13.4. The first-order chi connectivity index (χ1) is 16.9. The van der Waals surface area contributed by atoms with Gasteiger partial charge in [0.25, 0.3) is 5.91 Å². The number of benzene rings is 2. The van der Waals surface area contributed by atoms with Crippen LogP contribution in [0.15, 0.2) is 47.3 Å². The van der Waals surface area contributed by atoms with Gasteiger partial charge in [0.1, 0.15) is 5.75 Å². The summed E-state index contributed by atoms with van der Waals surface area (Å²) in [5.41, 5.74) is 2.23. The number of ether oxygens (including phenoxy) is 2. The molecular weight excluding hydrogens is 446 g/mol. The smallest absolute Gasteiger partial charge is 0.323 e. The lowest BCUT2D eigenvalue weighted by molar-refractivity contribution is -0.175. The normalized spacial score (nSPS) is 28.7. The molecule has 8 heteroatoms. The van der Waals surface area contributed by atoms with Crippen LogP contribution in [0.2, 0.25) is 0 Å². The Morgan fingerprint density at radius 2 is 1.71 bits per heavy atom. The van der Waals surface area contributed by atoms with E-state index in [2.05, 4.69) is 27.4 Å². The Balaban J connectivity index is 1.15. The number of carbonyl (C=O) groups is 2. The van der Waals surface area contributed by atoms with Crippen LogP contribution in [-0.2, 0) is 19.7 Å². The first-order valence-corrected chi connectivity index (χ1v) is 12.2. The molecule has 4 aliphatic carbocycles. The van der Waals surface area contributed by atoms with Crippen molar-refractivity contribution in [2.75, 3.05) is 19.0 Å². The number of hydrogen-bond acceptors (Lipinski definition) is 5. The number of anilines is 1. The first kappa shape index (κ1) is 21.9. The molecule has 4 aliphatic rings. The van der Waals surface area contributed by atoms with Gasteiger partial charge in [-0.15, -0.1) is 0 Å². The van der Waals surface area contributed by atoms with Crippen molar-refractivity contribution in [2.24, 2.45) is 17.3 Å². The highest BCUT2D eigenvalue weighted by atomic mass is 16.5. The third kappa shape index (κ3) is 3.81. The van der Waals surface area contributed by atoms with Crippen molar-refractivity contribution in [1.29, 1.82) is 0 Å². The van der Waals surface area contributed by atoms with Crippen molar-refractivity contribution in [3.8, 4) is 5.75 Å². The predicted octanol–water partition coefficient (Wildman–Crippen LogP) is 3.88.